The molecule has 0 heterocycles. The van der Waals surface area contributed by atoms with Gasteiger partial charge in [-0.05, 0) is 42.3 Å². The average Bonchev–Trinajstić information content (AvgIpc) is 2.50. The van der Waals surface area contributed by atoms with Crippen LogP contribution in [0.4, 0.5) is 8.78 Å². The maximum absolute atomic E-state index is 13.4. The molecule has 0 spiro atoms. The lowest BCUT2D eigenvalue weighted by Gasteiger charge is -2.08. The summed E-state index contributed by atoms with van der Waals surface area (Å²) >= 11 is 0. The summed E-state index contributed by atoms with van der Waals surface area (Å²) in [6.07, 6.45) is 0.975. The van der Waals surface area contributed by atoms with Gasteiger partial charge in [-0.2, -0.15) is 0 Å². The van der Waals surface area contributed by atoms with E-state index in [4.69, 9.17) is 4.74 Å². The van der Waals surface area contributed by atoms with Crippen LogP contribution in [0.25, 0.3) is 0 Å². The molecule has 112 valence electrons. The number of nitrogens with one attached hydrogen (secondary N) is 1. The largest absolute Gasteiger partial charge is 0.494 e. The molecule has 2 aromatic carbocycles. The Labute approximate surface area is 123 Å². The van der Waals surface area contributed by atoms with E-state index in [0.29, 0.717) is 18.7 Å². The molecular formula is C17H19F2NO. The first-order chi connectivity index (χ1) is 10.2. The topological polar surface area (TPSA) is 21.3 Å². The molecule has 0 atom stereocenters. The number of hydrogen-bond donors (Lipinski definition) is 1. The van der Waals surface area contributed by atoms with Crippen LogP contribution in [0.15, 0.2) is 42.5 Å². The van der Waals surface area contributed by atoms with Crippen LogP contribution in [0.2, 0.25) is 0 Å². The van der Waals surface area contributed by atoms with Crippen molar-refractivity contribution in [2.24, 2.45) is 0 Å². The van der Waals surface area contributed by atoms with E-state index >= 15 is 0 Å². The number of hydrogen-bond acceptors (Lipinski definition) is 2. The van der Waals surface area contributed by atoms with E-state index in [1.54, 1.807) is 0 Å². The van der Waals surface area contributed by atoms with E-state index in [2.05, 4.69) is 12.2 Å². The molecule has 2 rings (SSSR count). The second-order valence-electron chi connectivity index (χ2n) is 4.83. The molecule has 0 radical (unpaired) electrons. The standard InChI is InChI=1S/C17H19F2NO/c1-2-9-21-16-6-3-13(4-7-16)11-20-12-14-10-15(18)5-8-17(14)19/h3-8,10,20H,2,9,11-12H2,1H3. The fourth-order valence-electron chi connectivity index (χ4n) is 1.94. The molecule has 0 amide bonds. The third-order valence-corrected chi connectivity index (χ3v) is 3.05. The highest BCUT2D eigenvalue weighted by atomic mass is 19.1. The Morgan fingerprint density at radius 2 is 1.76 bits per heavy atom. The molecule has 1 N–H and O–H groups in total. The van der Waals surface area contributed by atoms with Crippen molar-refractivity contribution >= 4 is 0 Å². The molecule has 0 aliphatic rings. The van der Waals surface area contributed by atoms with Crippen LogP contribution >= 0.6 is 0 Å². The Morgan fingerprint density at radius 3 is 2.48 bits per heavy atom. The Bertz CT molecular complexity index is 570. The summed E-state index contributed by atoms with van der Waals surface area (Å²) in [4.78, 5) is 0. The van der Waals surface area contributed by atoms with Gasteiger partial charge in [0, 0.05) is 18.7 Å². The summed E-state index contributed by atoms with van der Waals surface area (Å²) < 4.78 is 32.0. The van der Waals surface area contributed by atoms with Crippen molar-refractivity contribution in [3.63, 3.8) is 0 Å². The van der Waals surface area contributed by atoms with Crippen molar-refractivity contribution < 1.29 is 13.5 Å². The van der Waals surface area contributed by atoms with Gasteiger partial charge in [0.1, 0.15) is 17.4 Å². The van der Waals surface area contributed by atoms with E-state index in [9.17, 15) is 8.78 Å². The first-order valence-corrected chi connectivity index (χ1v) is 7.05. The van der Waals surface area contributed by atoms with Gasteiger partial charge in [0.05, 0.1) is 6.61 Å². The SMILES string of the molecule is CCCOc1ccc(CNCc2cc(F)ccc2F)cc1. The minimum absolute atomic E-state index is 0.289. The fourth-order valence-corrected chi connectivity index (χ4v) is 1.94. The second kappa shape index (κ2) is 7.74. The lowest BCUT2D eigenvalue weighted by Crippen LogP contribution is -2.13. The van der Waals surface area contributed by atoms with Crippen LogP contribution < -0.4 is 10.1 Å². The van der Waals surface area contributed by atoms with Crippen molar-refractivity contribution in [2.45, 2.75) is 26.4 Å². The highest BCUT2D eigenvalue weighted by Gasteiger charge is 2.03. The summed E-state index contributed by atoms with van der Waals surface area (Å²) in [7, 11) is 0. The first-order valence-electron chi connectivity index (χ1n) is 7.05. The molecule has 2 aromatic rings. The molecule has 2 nitrogen and oxygen atoms in total. The molecule has 0 bridgehead atoms. The smallest absolute Gasteiger partial charge is 0.127 e. The molecule has 0 saturated carbocycles. The van der Waals surface area contributed by atoms with Gasteiger partial charge >= 0.3 is 0 Å². The highest BCUT2D eigenvalue weighted by Crippen LogP contribution is 2.13. The lowest BCUT2D eigenvalue weighted by molar-refractivity contribution is 0.317. The van der Waals surface area contributed by atoms with Gasteiger partial charge in [-0.25, -0.2) is 8.78 Å². The van der Waals surface area contributed by atoms with Crippen molar-refractivity contribution in [1.82, 2.24) is 5.32 Å². The van der Waals surface area contributed by atoms with E-state index in [1.807, 2.05) is 24.3 Å². The van der Waals surface area contributed by atoms with Crippen LogP contribution in [0, 0.1) is 11.6 Å². The van der Waals surface area contributed by atoms with Crippen LogP contribution in [-0.4, -0.2) is 6.61 Å². The van der Waals surface area contributed by atoms with Gasteiger partial charge in [-0.1, -0.05) is 19.1 Å². The molecule has 0 aliphatic heterocycles. The minimum atomic E-state index is -0.425. The van der Waals surface area contributed by atoms with Crippen LogP contribution in [-0.2, 0) is 13.1 Å². The monoisotopic (exact) mass is 291 g/mol. The first kappa shape index (κ1) is 15.4. The lowest BCUT2D eigenvalue weighted by atomic mass is 10.2. The van der Waals surface area contributed by atoms with Gasteiger partial charge in [0.25, 0.3) is 0 Å². The third-order valence-electron chi connectivity index (χ3n) is 3.05. The van der Waals surface area contributed by atoms with Gasteiger partial charge in [-0.3, -0.25) is 0 Å². The second-order valence-corrected chi connectivity index (χ2v) is 4.83. The van der Waals surface area contributed by atoms with Gasteiger partial charge in [0.2, 0.25) is 0 Å². The third kappa shape index (κ3) is 4.83. The Hall–Kier alpha value is -1.94. The molecule has 0 fully saturated rings. The zero-order valence-electron chi connectivity index (χ0n) is 12.0. The maximum atomic E-state index is 13.4. The maximum Gasteiger partial charge on any atom is 0.127 e. The summed E-state index contributed by atoms with van der Waals surface area (Å²) in [5.41, 5.74) is 1.40. The molecule has 0 saturated heterocycles. The summed E-state index contributed by atoms with van der Waals surface area (Å²) in [6, 6.07) is 11.2. The number of benzene rings is 2. The zero-order valence-corrected chi connectivity index (χ0v) is 12.0. The predicted octanol–water partition coefficient (Wildman–Crippen LogP) is 4.04. The minimum Gasteiger partial charge on any atom is -0.494 e. The van der Waals surface area contributed by atoms with Crippen LogP contribution in [0.1, 0.15) is 24.5 Å². The number of rotatable bonds is 7. The van der Waals surface area contributed by atoms with Gasteiger partial charge < -0.3 is 10.1 Å². The highest BCUT2D eigenvalue weighted by molar-refractivity contribution is 5.27. The van der Waals surface area contributed by atoms with Crippen LogP contribution in [0.3, 0.4) is 0 Å². The zero-order chi connectivity index (χ0) is 15.1. The Balaban J connectivity index is 1.84. The van der Waals surface area contributed by atoms with Crippen molar-refractivity contribution in [3.8, 4) is 5.75 Å². The van der Waals surface area contributed by atoms with Crippen molar-refractivity contribution in [1.29, 1.82) is 0 Å². The van der Waals surface area contributed by atoms with Crippen molar-refractivity contribution in [2.75, 3.05) is 6.61 Å². The fraction of sp³-hybridized carbons (Fsp3) is 0.294. The van der Waals surface area contributed by atoms with E-state index < -0.39 is 11.6 Å². The molecule has 0 aliphatic carbocycles. The predicted molar refractivity (Wildman–Crippen MR) is 79.1 cm³/mol. The molecule has 0 unspecified atom stereocenters. The van der Waals surface area contributed by atoms with Gasteiger partial charge in [-0.15, -0.1) is 0 Å². The molecule has 21 heavy (non-hydrogen) atoms. The average molecular weight is 291 g/mol. The normalized spacial score (nSPS) is 10.6. The Kier molecular flexibility index (Phi) is 5.69. The molecular weight excluding hydrogens is 272 g/mol. The van der Waals surface area contributed by atoms with Gasteiger partial charge in [0.15, 0.2) is 0 Å². The summed E-state index contributed by atoms with van der Waals surface area (Å²) in [5.74, 6) is 0.0228. The number of halogens is 2. The molecule has 4 heteroatoms. The number of ether oxygens (including phenoxy) is 1. The van der Waals surface area contributed by atoms with E-state index in [0.717, 1.165) is 29.9 Å². The molecule has 0 aromatic heterocycles. The Morgan fingerprint density at radius 1 is 1.00 bits per heavy atom. The van der Waals surface area contributed by atoms with E-state index in [1.165, 1.54) is 6.07 Å². The summed E-state index contributed by atoms with van der Waals surface area (Å²) in [6.45, 7) is 3.64. The van der Waals surface area contributed by atoms with Crippen molar-refractivity contribution in [3.05, 3.63) is 65.2 Å². The summed E-state index contributed by atoms with van der Waals surface area (Å²) in [5, 5.41) is 3.10. The van der Waals surface area contributed by atoms with E-state index in [-0.39, 0.29) is 6.54 Å². The quantitative estimate of drug-likeness (QED) is 0.831. The van der Waals surface area contributed by atoms with Crippen LogP contribution in [0.5, 0.6) is 5.75 Å².